The molecule has 3 unspecified atom stereocenters. The Balaban J connectivity index is 1.85. The van der Waals surface area contributed by atoms with E-state index in [-0.39, 0.29) is 23.8 Å². The van der Waals surface area contributed by atoms with Gasteiger partial charge in [0.25, 0.3) is 5.91 Å². The Morgan fingerprint density at radius 1 is 1.41 bits per heavy atom. The van der Waals surface area contributed by atoms with Gasteiger partial charge in [0.2, 0.25) is 5.91 Å². The third kappa shape index (κ3) is 4.17. The number of hydrogen-bond donors (Lipinski definition) is 3. The quantitative estimate of drug-likeness (QED) is 0.660. The predicted octanol–water partition coefficient (Wildman–Crippen LogP) is 3.45. The molecular formula is C18H21BrClN5O2. The van der Waals surface area contributed by atoms with Crippen molar-refractivity contribution in [3.63, 3.8) is 0 Å². The molecule has 144 valence electrons. The molecule has 0 saturated carbocycles. The lowest BCUT2D eigenvalue weighted by Crippen LogP contribution is -2.57. The van der Waals surface area contributed by atoms with Crippen molar-refractivity contribution in [3.05, 3.63) is 45.0 Å². The molecule has 27 heavy (non-hydrogen) atoms. The van der Waals surface area contributed by atoms with Gasteiger partial charge in [-0.3, -0.25) is 14.9 Å². The molecule has 2 aromatic rings. The second-order valence-electron chi connectivity index (χ2n) is 6.58. The Morgan fingerprint density at radius 3 is 2.81 bits per heavy atom. The molecule has 7 nitrogen and oxygen atoms in total. The zero-order chi connectivity index (χ0) is 19.7. The monoisotopic (exact) mass is 453 g/mol. The Labute approximate surface area is 171 Å². The number of aromatic nitrogens is 2. The van der Waals surface area contributed by atoms with Crippen molar-refractivity contribution in [2.75, 3.05) is 5.32 Å². The normalized spacial score (nSPS) is 22.4. The maximum absolute atomic E-state index is 12.7. The van der Waals surface area contributed by atoms with E-state index in [9.17, 15) is 9.59 Å². The van der Waals surface area contributed by atoms with Crippen LogP contribution in [0.5, 0.6) is 0 Å². The Kier molecular flexibility index (Phi) is 5.88. The first kappa shape index (κ1) is 19.9. The fourth-order valence-electron chi connectivity index (χ4n) is 3.21. The fourth-order valence-corrected chi connectivity index (χ4v) is 3.77. The summed E-state index contributed by atoms with van der Waals surface area (Å²) in [6, 6.07) is 6.80. The molecular weight excluding hydrogens is 434 g/mol. The first-order valence-corrected chi connectivity index (χ1v) is 9.86. The van der Waals surface area contributed by atoms with Crippen LogP contribution in [-0.4, -0.2) is 27.6 Å². The number of anilines is 1. The van der Waals surface area contributed by atoms with Crippen molar-refractivity contribution in [2.24, 2.45) is 5.92 Å². The molecule has 3 atom stereocenters. The Bertz CT molecular complexity index is 885. The van der Waals surface area contributed by atoms with Crippen LogP contribution >= 0.6 is 27.5 Å². The summed E-state index contributed by atoms with van der Waals surface area (Å²) < 4.78 is 2.32. The highest BCUT2D eigenvalue weighted by Gasteiger charge is 2.34. The van der Waals surface area contributed by atoms with Crippen molar-refractivity contribution in [1.29, 1.82) is 0 Å². The van der Waals surface area contributed by atoms with Crippen LogP contribution in [0.1, 0.15) is 42.6 Å². The van der Waals surface area contributed by atoms with Gasteiger partial charge >= 0.3 is 0 Å². The molecule has 1 aromatic carbocycles. The summed E-state index contributed by atoms with van der Waals surface area (Å²) in [7, 11) is 0. The van der Waals surface area contributed by atoms with E-state index < -0.39 is 6.29 Å². The van der Waals surface area contributed by atoms with Gasteiger partial charge in [-0.05, 0) is 38.5 Å². The molecule has 1 aliphatic rings. The highest BCUT2D eigenvalue weighted by Crippen LogP contribution is 2.24. The number of nitrogens with zero attached hydrogens (tertiary/aromatic N) is 2. The van der Waals surface area contributed by atoms with Crippen molar-refractivity contribution >= 4 is 45.2 Å². The zero-order valence-corrected chi connectivity index (χ0v) is 17.6. The van der Waals surface area contributed by atoms with Gasteiger partial charge in [-0.2, -0.15) is 5.10 Å². The molecule has 2 amide bonds. The number of rotatable bonds is 4. The molecule has 0 spiro atoms. The molecule has 1 saturated heterocycles. The summed E-state index contributed by atoms with van der Waals surface area (Å²) in [4.78, 5) is 25.1. The van der Waals surface area contributed by atoms with Gasteiger partial charge in [-0.1, -0.05) is 34.5 Å². The Hall–Kier alpha value is -1.90. The molecule has 3 rings (SSSR count). The predicted molar refractivity (Wildman–Crippen MR) is 108 cm³/mol. The van der Waals surface area contributed by atoms with E-state index in [0.717, 1.165) is 10.9 Å². The molecule has 1 aliphatic heterocycles. The molecule has 9 heteroatoms. The van der Waals surface area contributed by atoms with Crippen LogP contribution in [-0.2, 0) is 4.79 Å². The largest absolute Gasteiger partial charge is 0.322 e. The lowest BCUT2D eigenvalue weighted by atomic mass is 9.95. The summed E-state index contributed by atoms with van der Waals surface area (Å²) in [5, 5.41) is 13.9. The molecule has 3 N–H and O–H groups in total. The van der Waals surface area contributed by atoms with Crippen LogP contribution in [0.15, 0.2) is 28.7 Å². The van der Waals surface area contributed by atoms with Gasteiger partial charge in [0.15, 0.2) is 6.29 Å². The third-order valence-electron chi connectivity index (χ3n) is 4.60. The van der Waals surface area contributed by atoms with E-state index >= 15 is 0 Å². The lowest BCUT2D eigenvalue weighted by Gasteiger charge is -2.35. The van der Waals surface area contributed by atoms with E-state index in [1.54, 1.807) is 28.9 Å². The first-order chi connectivity index (χ1) is 12.8. The molecule has 1 aromatic heterocycles. The number of benzene rings is 1. The van der Waals surface area contributed by atoms with Gasteiger partial charge in [0.05, 0.1) is 22.2 Å². The third-order valence-corrected chi connectivity index (χ3v) is 5.42. The SMILES string of the molecule is CCC1C(=O)NC(n2nc(C)cc2NC(=O)c2cc(Br)ccc2Cl)NC1C. The van der Waals surface area contributed by atoms with Crippen LogP contribution in [0.2, 0.25) is 5.02 Å². The Morgan fingerprint density at radius 2 is 2.15 bits per heavy atom. The second kappa shape index (κ2) is 8.00. The number of nitrogens with one attached hydrogen (secondary N) is 3. The minimum Gasteiger partial charge on any atom is -0.322 e. The summed E-state index contributed by atoms with van der Waals surface area (Å²) in [6.07, 6.45) is 0.202. The minimum atomic E-state index is -0.544. The standard InChI is InChI=1S/C18H21BrClN5O2/c1-4-12-10(3)21-18(23-16(12)26)25-15(7-9(2)24-25)22-17(27)13-8-11(19)5-6-14(13)20/h5-8,10,12,18,21H,4H2,1-3H3,(H,22,27)(H,23,26). The molecule has 1 fully saturated rings. The average Bonchev–Trinajstić information content (AvgIpc) is 2.97. The fraction of sp³-hybridized carbons (Fsp3) is 0.389. The number of carbonyl (C=O) groups excluding carboxylic acids is 2. The number of hydrogen-bond acceptors (Lipinski definition) is 4. The minimum absolute atomic E-state index is 0.0127. The number of amides is 2. The van der Waals surface area contributed by atoms with Gasteiger partial charge in [-0.25, -0.2) is 4.68 Å². The van der Waals surface area contributed by atoms with Gasteiger partial charge in [0, 0.05) is 16.6 Å². The molecule has 0 radical (unpaired) electrons. The van der Waals surface area contributed by atoms with Crippen LogP contribution in [0.3, 0.4) is 0 Å². The summed E-state index contributed by atoms with van der Waals surface area (Å²) >= 11 is 9.49. The van der Waals surface area contributed by atoms with Crippen molar-refractivity contribution in [3.8, 4) is 0 Å². The molecule has 0 bridgehead atoms. The second-order valence-corrected chi connectivity index (χ2v) is 7.90. The van der Waals surface area contributed by atoms with Crippen LogP contribution < -0.4 is 16.0 Å². The van der Waals surface area contributed by atoms with E-state index in [0.29, 0.717) is 22.1 Å². The topological polar surface area (TPSA) is 88.1 Å². The summed E-state index contributed by atoms with van der Waals surface area (Å²) in [5.74, 6) is -0.0248. The van der Waals surface area contributed by atoms with E-state index in [4.69, 9.17) is 11.6 Å². The molecule has 2 heterocycles. The average molecular weight is 455 g/mol. The first-order valence-electron chi connectivity index (χ1n) is 8.69. The van der Waals surface area contributed by atoms with Gasteiger partial charge in [-0.15, -0.1) is 0 Å². The maximum Gasteiger partial charge on any atom is 0.258 e. The van der Waals surface area contributed by atoms with E-state index in [2.05, 4.69) is 37.0 Å². The van der Waals surface area contributed by atoms with Crippen LogP contribution in [0, 0.1) is 12.8 Å². The smallest absolute Gasteiger partial charge is 0.258 e. The van der Waals surface area contributed by atoms with Crippen molar-refractivity contribution in [2.45, 2.75) is 39.5 Å². The van der Waals surface area contributed by atoms with Gasteiger partial charge < -0.3 is 10.6 Å². The van der Waals surface area contributed by atoms with E-state index in [1.165, 1.54) is 0 Å². The van der Waals surface area contributed by atoms with Gasteiger partial charge in [0.1, 0.15) is 5.82 Å². The number of halogens is 2. The zero-order valence-electron chi connectivity index (χ0n) is 15.2. The highest BCUT2D eigenvalue weighted by molar-refractivity contribution is 9.10. The molecule has 0 aliphatic carbocycles. The number of carbonyl (C=O) groups is 2. The van der Waals surface area contributed by atoms with Crippen molar-refractivity contribution in [1.82, 2.24) is 20.4 Å². The van der Waals surface area contributed by atoms with Crippen LogP contribution in [0.4, 0.5) is 5.82 Å². The van der Waals surface area contributed by atoms with E-state index in [1.807, 2.05) is 20.8 Å². The highest BCUT2D eigenvalue weighted by atomic mass is 79.9. The number of aryl methyl sites for hydroxylation is 1. The van der Waals surface area contributed by atoms with Crippen LogP contribution in [0.25, 0.3) is 0 Å². The lowest BCUT2D eigenvalue weighted by molar-refractivity contribution is -0.130. The maximum atomic E-state index is 12.7. The summed E-state index contributed by atoms with van der Waals surface area (Å²) in [6.45, 7) is 5.77. The summed E-state index contributed by atoms with van der Waals surface area (Å²) in [5.41, 5.74) is 1.06. The van der Waals surface area contributed by atoms with Crippen molar-refractivity contribution < 1.29 is 9.59 Å².